The summed E-state index contributed by atoms with van der Waals surface area (Å²) in [6, 6.07) is 0.412. The summed E-state index contributed by atoms with van der Waals surface area (Å²) in [5.41, 5.74) is 5.94. The Balaban J connectivity index is 1.89. The number of nitrogens with two attached hydrogens (primary N) is 1. The molecule has 0 spiro atoms. The van der Waals surface area contributed by atoms with Crippen molar-refractivity contribution in [2.24, 2.45) is 5.41 Å². The van der Waals surface area contributed by atoms with Crippen molar-refractivity contribution >= 4 is 22.4 Å². The Kier molecular flexibility index (Phi) is 3.02. The minimum absolute atomic E-state index is 0.0239. The number of aromatic nitrogens is 1. The number of amides is 1. The molecule has 3 rings (SSSR count). The monoisotopic (exact) mass is 281 g/mol. The van der Waals surface area contributed by atoms with Gasteiger partial charge in [0.25, 0.3) is 5.91 Å². The molecule has 2 aliphatic rings. The van der Waals surface area contributed by atoms with Gasteiger partial charge in [0.1, 0.15) is 5.69 Å². The van der Waals surface area contributed by atoms with Crippen LogP contribution in [0.4, 0.5) is 5.13 Å². The number of nitrogens with zero attached hydrogens (tertiary/aromatic N) is 2. The van der Waals surface area contributed by atoms with Gasteiger partial charge in [0.2, 0.25) is 0 Å². The molecule has 0 saturated carbocycles. The second-order valence-electron chi connectivity index (χ2n) is 5.61. The molecule has 2 fully saturated rings. The molecule has 1 aromatic heterocycles. The average molecular weight is 281 g/mol. The summed E-state index contributed by atoms with van der Waals surface area (Å²) in [5.74, 6) is -0.0239. The number of carbonyl (C=O) groups excluding carboxylic acids is 1. The highest BCUT2D eigenvalue weighted by molar-refractivity contribution is 7.13. The van der Waals surface area contributed by atoms with Gasteiger partial charge in [-0.25, -0.2) is 4.98 Å². The molecular formula is C13H19N3O2S. The SMILES string of the molecule is CC[C@]1(CO)C[C@H]2CC[C@@H]1N2C(=O)c1csc(N)n1. The van der Waals surface area contributed by atoms with Gasteiger partial charge in [0.05, 0.1) is 6.61 Å². The molecule has 2 saturated heterocycles. The summed E-state index contributed by atoms with van der Waals surface area (Å²) >= 11 is 1.30. The van der Waals surface area contributed by atoms with Crippen molar-refractivity contribution in [3.8, 4) is 0 Å². The highest BCUT2D eigenvalue weighted by Crippen LogP contribution is 2.51. The van der Waals surface area contributed by atoms with Crippen molar-refractivity contribution in [3.05, 3.63) is 11.1 Å². The Bertz CT molecular complexity index is 498. The van der Waals surface area contributed by atoms with Crippen LogP contribution in [0.1, 0.15) is 43.1 Å². The molecule has 0 aliphatic carbocycles. The minimum Gasteiger partial charge on any atom is -0.396 e. The molecule has 104 valence electrons. The van der Waals surface area contributed by atoms with Gasteiger partial charge in [0.15, 0.2) is 5.13 Å². The highest BCUT2D eigenvalue weighted by atomic mass is 32.1. The van der Waals surface area contributed by atoms with Crippen molar-refractivity contribution in [2.45, 2.75) is 44.7 Å². The number of aliphatic hydroxyl groups excluding tert-OH is 1. The third kappa shape index (κ3) is 1.77. The van der Waals surface area contributed by atoms with Gasteiger partial charge in [0, 0.05) is 22.9 Å². The molecule has 0 unspecified atom stereocenters. The van der Waals surface area contributed by atoms with Crippen LogP contribution in [0.15, 0.2) is 5.38 Å². The largest absolute Gasteiger partial charge is 0.396 e. The first-order valence-corrected chi connectivity index (χ1v) is 7.64. The molecule has 2 aliphatic heterocycles. The molecule has 1 aromatic rings. The second-order valence-corrected chi connectivity index (χ2v) is 6.50. The number of anilines is 1. The number of thiazole rings is 1. The van der Waals surface area contributed by atoms with Crippen LogP contribution in [-0.2, 0) is 0 Å². The van der Waals surface area contributed by atoms with Crippen LogP contribution in [-0.4, -0.2) is 39.6 Å². The molecule has 2 bridgehead atoms. The van der Waals surface area contributed by atoms with Crippen LogP contribution in [0.3, 0.4) is 0 Å². The zero-order valence-corrected chi connectivity index (χ0v) is 11.8. The fourth-order valence-corrected chi connectivity index (χ4v) is 4.31. The molecule has 5 nitrogen and oxygen atoms in total. The van der Waals surface area contributed by atoms with Gasteiger partial charge < -0.3 is 15.7 Å². The zero-order chi connectivity index (χ0) is 13.6. The lowest BCUT2D eigenvalue weighted by Gasteiger charge is -2.34. The maximum absolute atomic E-state index is 12.6. The molecule has 3 heterocycles. The first-order chi connectivity index (χ1) is 9.11. The van der Waals surface area contributed by atoms with Gasteiger partial charge in [-0.1, -0.05) is 6.92 Å². The van der Waals surface area contributed by atoms with Crippen molar-refractivity contribution < 1.29 is 9.90 Å². The van der Waals surface area contributed by atoms with Gasteiger partial charge in [-0.15, -0.1) is 11.3 Å². The lowest BCUT2D eigenvalue weighted by molar-refractivity contribution is 0.0553. The van der Waals surface area contributed by atoms with Crippen molar-refractivity contribution in [1.29, 1.82) is 0 Å². The molecule has 6 heteroatoms. The molecule has 0 aromatic carbocycles. The van der Waals surface area contributed by atoms with Crippen LogP contribution in [0.2, 0.25) is 0 Å². The van der Waals surface area contributed by atoms with Crippen LogP contribution in [0.5, 0.6) is 0 Å². The first-order valence-electron chi connectivity index (χ1n) is 6.76. The van der Waals surface area contributed by atoms with E-state index in [2.05, 4.69) is 11.9 Å². The zero-order valence-electron chi connectivity index (χ0n) is 11.0. The van der Waals surface area contributed by atoms with Crippen LogP contribution in [0, 0.1) is 5.41 Å². The van der Waals surface area contributed by atoms with E-state index in [0.29, 0.717) is 10.8 Å². The summed E-state index contributed by atoms with van der Waals surface area (Å²) in [6.07, 6.45) is 3.85. The summed E-state index contributed by atoms with van der Waals surface area (Å²) in [7, 11) is 0. The smallest absolute Gasteiger partial charge is 0.273 e. The van der Waals surface area contributed by atoms with E-state index in [1.165, 1.54) is 11.3 Å². The Hall–Kier alpha value is -1.14. The van der Waals surface area contributed by atoms with Crippen LogP contribution in [0.25, 0.3) is 0 Å². The molecule has 0 radical (unpaired) electrons. The summed E-state index contributed by atoms with van der Waals surface area (Å²) < 4.78 is 0. The Labute approximate surface area is 116 Å². The van der Waals surface area contributed by atoms with Crippen LogP contribution < -0.4 is 5.73 Å². The topological polar surface area (TPSA) is 79.5 Å². The van der Waals surface area contributed by atoms with E-state index in [4.69, 9.17) is 5.73 Å². The predicted molar refractivity (Wildman–Crippen MR) is 73.9 cm³/mol. The fraction of sp³-hybridized carbons (Fsp3) is 0.692. The minimum atomic E-state index is -0.111. The predicted octanol–water partition coefficient (Wildman–Crippen LogP) is 1.49. The van der Waals surface area contributed by atoms with E-state index >= 15 is 0 Å². The number of hydrogen-bond donors (Lipinski definition) is 2. The normalized spacial score (nSPS) is 33.1. The maximum Gasteiger partial charge on any atom is 0.273 e. The Morgan fingerprint density at radius 1 is 1.68 bits per heavy atom. The number of nitrogen functional groups attached to an aromatic ring is 1. The Morgan fingerprint density at radius 2 is 2.47 bits per heavy atom. The molecule has 3 N–H and O–H groups in total. The number of rotatable bonds is 3. The fourth-order valence-electron chi connectivity index (χ4n) is 3.78. The first kappa shape index (κ1) is 12.9. The molecule has 19 heavy (non-hydrogen) atoms. The van der Waals surface area contributed by atoms with Gasteiger partial charge in [-0.3, -0.25) is 4.79 Å². The molecular weight excluding hydrogens is 262 g/mol. The van der Waals surface area contributed by atoms with Crippen molar-refractivity contribution in [3.63, 3.8) is 0 Å². The van der Waals surface area contributed by atoms with E-state index in [1.807, 2.05) is 4.90 Å². The van der Waals surface area contributed by atoms with E-state index in [1.54, 1.807) is 5.38 Å². The number of aliphatic hydroxyl groups is 1. The van der Waals surface area contributed by atoms with Gasteiger partial charge in [-0.05, 0) is 25.7 Å². The van der Waals surface area contributed by atoms with E-state index in [0.717, 1.165) is 25.7 Å². The van der Waals surface area contributed by atoms with Crippen molar-refractivity contribution in [2.75, 3.05) is 12.3 Å². The summed E-state index contributed by atoms with van der Waals surface area (Å²) in [6.45, 7) is 2.26. The summed E-state index contributed by atoms with van der Waals surface area (Å²) in [5, 5.41) is 11.9. The average Bonchev–Trinajstić information content (AvgIpc) is 3.10. The third-order valence-corrected chi connectivity index (χ3v) is 5.52. The summed E-state index contributed by atoms with van der Waals surface area (Å²) in [4.78, 5) is 18.6. The van der Waals surface area contributed by atoms with Crippen molar-refractivity contribution in [1.82, 2.24) is 9.88 Å². The lowest BCUT2D eigenvalue weighted by atomic mass is 9.72. The van der Waals surface area contributed by atoms with E-state index < -0.39 is 0 Å². The number of hydrogen-bond acceptors (Lipinski definition) is 5. The van der Waals surface area contributed by atoms with Gasteiger partial charge in [-0.2, -0.15) is 0 Å². The second kappa shape index (κ2) is 4.45. The molecule has 1 amide bonds. The van der Waals surface area contributed by atoms with E-state index in [9.17, 15) is 9.90 Å². The lowest BCUT2D eigenvalue weighted by Crippen LogP contribution is -2.42. The Morgan fingerprint density at radius 3 is 3.00 bits per heavy atom. The number of fused-ring (bicyclic) bond motifs is 2. The van der Waals surface area contributed by atoms with E-state index in [-0.39, 0.29) is 30.0 Å². The van der Waals surface area contributed by atoms with Gasteiger partial charge >= 0.3 is 0 Å². The maximum atomic E-state index is 12.6. The van der Waals surface area contributed by atoms with Crippen LogP contribution >= 0.6 is 11.3 Å². The third-order valence-electron chi connectivity index (χ3n) is 4.85. The highest BCUT2D eigenvalue weighted by Gasteiger charge is 2.56. The number of carbonyl (C=O) groups is 1. The standard InChI is InChI=1S/C13H19N3O2S/c1-2-13(7-17)5-8-3-4-10(13)16(8)11(18)9-6-19-12(14)15-9/h6,8,10,17H,2-5,7H2,1H3,(H2,14,15)/t8-,10+,13-/m1/s1. The molecule has 3 atom stereocenters. The quantitative estimate of drug-likeness (QED) is 0.879.